The minimum Gasteiger partial charge on any atom is -0.496 e. The van der Waals surface area contributed by atoms with Gasteiger partial charge in [0.25, 0.3) is 5.91 Å². The lowest BCUT2D eigenvalue weighted by molar-refractivity contribution is 0.0947. The Labute approximate surface area is 81.7 Å². The molecule has 72 valence electrons. The van der Waals surface area contributed by atoms with Crippen LogP contribution in [0.2, 0.25) is 0 Å². The summed E-state index contributed by atoms with van der Waals surface area (Å²) >= 11 is 1.39. The highest BCUT2D eigenvalue weighted by Crippen LogP contribution is 2.20. The monoisotopic (exact) mass is 199 g/mol. The summed E-state index contributed by atoms with van der Waals surface area (Å²) in [5.41, 5.74) is 0. The third kappa shape index (κ3) is 2.73. The van der Waals surface area contributed by atoms with E-state index in [4.69, 9.17) is 4.74 Å². The second kappa shape index (κ2) is 4.28. The SMILES string of the molecule is COc1csc(C(=O)NC(C)C)c1. The Morgan fingerprint density at radius 3 is 2.77 bits per heavy atom. The van der Waals surface area contributed by atoms with Crippen LogP contribution < -0.4 is 10.1 Å². The third-order valence-corrected chi connectivity index (χ3v) is 2.36. The Bertz CT molecular complexity index is 294. The molecule has 0 aliphatic carbocycles. The van der Waals surface area contributed by atoms with Crippen LogP contribution in [0.5, 0.6) is 5.75 Å². The van der Waals surface area contributed by atoms with Crippen molar-refractivity contribution in [1.82, 2.24) is 5.32 Å². The number of rotatable bonds is 3. The van der Waals surface area contributed by atoms with E-state index < -0.39 is 0 Å². The fraction of sp³-hybridized carbons (Fsp3) is 0.444. The van der Waals surface area contributed by atoms with Crippen molar-refractivity contribution in [2.75, 3.05) is 7.11 Å². The second-order valence-corrected chi connectivity index (χ2v) is 3.89. The van der Waals surface area contributed by atoms with Crippen LogP contribution >= 0.6 is 11.3 Å². The number of ether oxygens (including phenoxy) is 1. The molecule has 1 aromatic rings. The van der Waals surface area contributed by atoms with Gasteiger partial charge in [0, 0.05) is 17.5 Å². The minimum atomic E-state index is -0.0386. The summed E-state index contributed by atoms with van der Waals surface area (Å²) in [6.45, 7) is 3.87. The van der Waals surface area contributed by atoms with Gasteiger partial charge in [0.2, 0.25) is 0 Å². The summed E-state index contributed by atoms with van der Waals surface area (Å²) in [5.74, 6) is 0.696. The molecule has 0 saturated heterocycles. The van der Waals surface area contributed by atoms with Crippen LogP contribution in [0.15, 0.2) is 11.4 Å². The Morgan fingerprint density at radius 1 is 1.62 bits per heavy atom. The zero-order valence-corrected chi connectivity index (χ0v) is 8.77. The highest BCUT2D eigenvalue weighted by atomic mass is 32.1. The molecule has 4 heteroatoms. The van der Waals surface area contributed by atoms with Crippen molar-refractivity contribution in [3.63, 3.8) is 0 Å². The van der Waals surface area contributed by atoms with Gasteiger partial charge in [0.05, 0.1) is 12.0 Å². The molecule has 0 unspecified atom stereocenters. The van der Waals surface area contributed by atoms with Gasteiger partial charge >= 0.3 is 0 Å². The number of hydrogen-bond acceptors (Lipinski definition) is 3. The Balaban J connectivity index is 2.66. The van der Waals surface area contributed by atoms with Gasteiger partial charge in [-0.3, -0.25) is 4.79 Å². The maximum absolute atomic E-state index is 11.4. The van der Waals surface area contributed by atoms with E-state index in [1.54, 1.807) is 13.2 Å². The molecule has 0 fully saturated rings. The number of nitrogens with one attached hydrogen (secondary N) is 1. The predicted octanol–water partition coefficient (Wildman–Crippen LogP) is 1.89. The smallest absolute Gasteiger partial charge is 0.261 e. The number of methoxy groups -OCH3 is 1. The summed E-state index contributed by atoms with van der Waals surface area (Å²) in [4.78, 5) is 12.1. The van der Waals surface area contributed by atoms with Gasteiger partial charge in [-0.15, -0.1) is 11.3 Å². The molecule has 1 N–H and O–H groups in total. The van der Waals surface area contributed by atoms with Crippen LogP contribution in [0.1, 0.15) is 23.5 Å². The average molecular weight is 199 g/mol. The maximum Gasteiger partial charge on any atom is 0.261 e. The molecule has 13 heavy (non-hydrogen) atoms. The topological polar surface area (TPSA) is 38.3 Å². The van der Waals surface area contributed by atoms with E-state index in [1.807, 2.05) is 19.2 Å². The lowest BCUT2D eigenvalue weighted by Crippen LogP contribution is -2.29. The molecule has 0 spiro atoms. The molecule has 0 aliphatic rings. The van der Waals surface area contributed by atoms with E-state index in [1.165, 1.54) is 11.3 Å². The quantitative estimate of drug-likeness (QED) is 0.807. The van der Waals surface area contributed by atoms with Gasteiger partial charge in [-0.05, 0) is 13.8 Å². The number of carbonyl (C=O) groups is 1. The minimum absolute atomic E-state index is 0.0386. The fourth-order valence-corrected chi connectivity index (χ4v) is 1.64. The zero-order chi connectivity index (χ0) is 9.84. The van der Waals surface area contributed by atoms with Gasteiger partial charge in [0.1, 0.15) is 5.75 Å². The molecule has 3 nitrogen and oxygen atoms in total. The predicted molar refractivity (Wildman–Crippen MR) is 53.5 cm³/mol. The fourth-order valence-electron chi connectivity index (χ4n) is 0.878. The number of carbonyl (C=O) groups excluding carboxylic acids is 1. The van der Waals surface area contributed by atoms with Crippen molar-refractivity contribution in [3.05, 3.63) is 16.3 Å². The number of hydrogen-bond donors (Lipinski definition) is 1. The Hall–Kier alpha value is -1.03. The van der Waals surface area contributed by atoms with E-state index in [0.29, 0.717) is 4.88 Å². The van der Waals surface area contributed by atoms with Crippen LogP contribution in [0.4, 0.5) is 0 Å². The first kappa shape index (κ1) is 10.1. The number of thiophene rings is 1. The number of amides is 1. The summed E-state index contributed by atoms with van der Waals surface area (Å²) in [6, 6.07) is 1.91. The molecule has 0 saturated carbocycles. The molecule has 0 atom stereocenters. The standard InChI is InChI=1S/C9H13NO2S/c1-6(2)10-9(11)8-4-7(12-3)5-13-8/h4-6H,1-3H3,(H,10,11). The van der Waals surface area contributed by atoms with Crippen LogP contribution in [0.3, 0.4) is 0 Å². The van der Waals surface area contributed by atoms with Crippen molar-refractivity contribution in [3.8, 4) is 5.75 Å². The molecule has 1 amide bonds. The van der Waals surface area contributed by atoms with Crippen molar-refractivity contribution < 1.29 is 9.53 Å². The van der Waals surface area contributed by atoms with Crippen LogP contribution in [0.25, 0.3) is 0 Å². The Kier molecular flexibility index (Phi) is 3.31. The van der Waals surface area contributed by atoms with Crippen molar-refractivity contribution in [2.24, 2.45) is 0 Å². The molecule has 0 bridgehead atoms. The van der Waals surface area contributed by atoms with Gasteiger partial charge in [-0.25, -0.2) is 0 Å². The van der Waals surface area contributed by atoms with E-state index in [0.717, 1.165) is 5.75 Å². The largest absolute Gasteiger partial charge is 0.496 e. The van der Waals surface area contributed by atoms with Crippen molar-refractivity contribution in [2.45, 2.75) is 19.9 Å². The van der Waals surface area contributed by atoms with E-state index in [9.17, 15) is 4.79 Å². The molecule has 0 aromatic carbocycles. The van der Waals surface area contributed by atoms with Crippen LogP contribution in [0, 0.1) is 0 Å². The van der Waals surface area contributed by atoms with Gasteiger partial charge < -0.3 is 10.1 Å². The average Bonchev–Trinajstić information content (AvgIpc) is 2.50. The van der Waals surface area contributed by atoms with E-state index in [2.05, 4.69) is 5.32 Å². The molecule has 0 radical (unpaired) electrons. The summed E-state index contributed by atoms with van der Waals surface area (Å²) in [7, 11) is 1.59. The van der Waals surface area contributed by atoms with Gasteiger partial charge in [0.15, 0.2) is 0 Å². The molecule has 0 aliphatic heterocycles. The van der Waals surface area contributed by atoms with Crippen LogP contribution in [-0.2, 0) is 0 Å². The summed E-state index contributed by atoms with van der Waals surface area (Å²) < 4.78 is 4.98. The first-order valence-corrected chi connectivity index (χ1v) is 4.95. The normalized spacial score (nSPS) is 10.2. The lowest BCUT2D eigenvalue weighted by Gasteiger charge is -2.05. The molecule has 1 aromatic heterocycles. The van der Waals surface area contributed by atoms with Crippen LogP contribution in [-0.4, -0.2) is 19.1 Å². The van der Waals surface area contributed by atoms with Gasteiger partial charge in [-0.2, -0.15) is 0 Å². The highest BCUT2D eigenvalue weighted by molar-refractivity contribution is 7.12. The molecular formula is C9H13NO2S. The maximum atomic E-state index is 11.4. The zero-order valence-electron chi connectivity index (χ0n) is 7.96. The first-order chi connectivity index (χ1) is 6.13. The van der Waals surface area contributed by atoms with E-state index in [-0.39, 0.29) is 11.9 Å². The summed E-state index contributed by atoms with van der Waals surface area (Å²) in [6.07, 6.45) is 0. The van der Waals surface area contributed by atoms with Crippen molar-refractivity contribution in [1.29, 1.82) is 0 Å². The third-order valence-electron chi connectivity index (χ3n) is 1.45. The lowest BCUT2D eigenvalue weighted by atomic mass is 10.3. The van der Waals surface area contributed by atoms with Gasteiger partial charge in [-0.1, -0.05) is 0 Å². The highest BCUT2D eigenvalue weighted by Gasteiger charge is 2.09. The van der Waals surface area contributed by atoms with Crippen molar-refractivity contribution >= 4 is 17.2 Å². The second-order valence-electron chi connectivity index (χ2n) is 2.98. The molecule has 1 rings (SSSR count). The first-order valence-electron chi connectivity index (χ1n) is 4.07. The van der Waals surface area contributed by atoms with E-state index >= 15 is 0 Å². The Morgan fingerprint density at radius 2 is 2.31 bits per heavy atom. The molecular weight excluding hydrogens is 186 g/mol. The molecule has 1 heterocycles. The summed E-state index contributed by atoms with van der Waals surface area (Å²) in [5, 5.41) is 4.63.